The van der Waals surface area contributed by atoms with Crippen molar-refractivity contribution in [1.29, 1.82) is 0 Å². The van der Waals surface area contributed by atoms with Crippen LogP contribution < -0.4 is 16.8 Å². The minimum Gasteiger partial charge on any atom is -0.391 e. The maximum Gasteiger partial charge on any atom is 0.261 e. The number of nitrogens with two attached hydrogens (primary N) is 2. The van der Waals surface area contributed by atoms with Crippen molar-refractivity contribution in [2.24, 2.45) is 5.73 Å². The van der Waals surface area contributed by atoms with Crippen LogP contribution in [0.1, 0.15) is 47.3 Å². The van der Waals surface area contributed by atoms with Crippen LogP contribution in [0.2, 0.25) is 0 Å². The van der Waals surface area contributed by atoms with Gasteiger partial charge in [-0.2, -0.15) is 5.10 Å². The van der Waals surface area contributed by atoms with E-state index in [0.717, 1.165) is 4.88 Å². The first-order chi connectivity index (χ1) is 13.1. The first kappa shape index (κ1) is 19.3. The van der Waals surface area contributed by atoms with Gasteiger partial charge in [0.2, 0.25) is 0 Å². The maximum atomic E-state index is 12.2. The number of carbonyl (C=O) groups is 1. The van der Waals surface area contributed by atoms with Crippen LogP contribution in [-0.4, -0.2) is 31.7 Å². The number of carbonyl (C=O) groups excluding carboxylic acids is 1. The Morgan fingerprint density at radius 2 is 2.15 bits per heavy atom. The Hall–Kier alpha value is -2.49. The van der Waals surface area contributed by atoms with Crippen LogP contribution in [0.5, 0.6) is 0 Å². The fourth-order valence-electron chi connectivity index (χ4n) is 2.90. The van der Waals surface area contributed by atoms with E-state index in [2.05, 4.69) is 15.4 Å². The molecule has 3 heterocycles. The molecule has 27 heavy (non-hydrogen) atoms. The van der Waals surface area contributed by atoms with Gasteiger partial charge in [-0.05, 0) is 25.0 Å². The van der Waals surface area contributed by atoms with Gasteiger partial charge in [-0.1, -0.05) is 19.3 Å². The number of anilines is 2. The highest BCUT2D eigenvalue weighted by atomic mass is 32.1. The van der Waals surface area contributed by atoms with Crippen LogP contribution in [0.3, 0.4) is 0 Å². The van der Waals surface area contributed by atoms with E-state index in [1.807, 2.05) is 0 Å². The average Bonchev–Trinajstić information content (AvgIpc) is 3.29. The van der Waals surface area contributed by atoms with Crippen molar-refractivity contribution < 1.29 is 9.90 Å². The summed E-state index contributed by atoms with van der Waals surface area (Å²) < 4.78 is 1.48. The van der Waals surface area contributed by atoms with E-state index in [9.17, 15) is 4.79 Å². The van der Waals surface area contributed by atoms with Crippen LogP contribution >= 0.6 is 11.3 Å². The van der Waals surface area contributed by atoms with Crippen molar-refractivity contribution in [2.75, 3.05) is 11.1 Å². The first-order valence-corrected chi connectivity index (χ1v) is 9.80. The molecule has 3 aromatic heterocycles. The van der Waals surface area contributed by atoms with Gasteiger partial charge in [0.1, 0.15) is 11.4 Å². The number of nitrogens with one attached hydrogen (secondary N) is 1. The number of nitrogens with zero attached hydrogens (tertiary/aromatic N) is 3. The lowest BCUT2D eigenvalue weighted by molar-refractivity contribution is 0.102. The van der Waals surface area contributed by atoms with E-state index in [4.69, 9.17) is 16.6 Å². The number of amides is 1. The number of aliphatic hydroxyl groups is 1. The van der Waals surface area contributed by atoms with E-state index < -0.39 is 0 Å². The fraction of sp³-hybridized carbons (Fsp3) is 0.389. The number of fused-ring (bicyclic) bond motifs is 1. The summed E-state index contributed by atoms with van der Waals surface area (Å²) in [5, 5.41) is 17.5. The van der Waals surface area contributed by atoms with E-state index in [0.29, 0.717) is 28.8 Å². The summed E-state index contributed by atoms with van der Waals surface area (Å²) >= 11 is 1.37. The summed E-state index contributed by atoms with van der Waals surface area (Å²) in [6, 6.07) is 3.86. The summed E-state index contributed by atoms with van der Waals surface area (Å²) in [5.74, 6) is 0.00513. The number of hydrogen-bond donors (Lipinski definition) is 4. The summed E-state index contributed by atoms with van der Waals surface area (Å²) in [6.07, 6.45) is 9.75. The zero-order chi connectivity index (χ0) is 19.2. The molecule has 1 amide bonds. The minimum absolute atomic E-state index is 0.0463. The molecule has 9 heteroatoms. The highest BCUT2D eigenvalue weighted by Gasteiger charge is 2.15. The standard InChI is InChI=1S/C12H11N5O2S.C6H13N/c13-10-1-2-17-11(16-10)9(4-14-17)12(19)15-7-3-8(5-18)20-6-7;7-6-4-2-1-3-5-6/h1-4,6,18H,5H2,(H2,13,16)(H,15,19);6H,1-5,7H2. The van der Waals surface area contributed by atoms with Gasteiger partial charge in [0.25, 0.3) is 5.91 Å². The van der Waals surface area contributed by atoms with Gasteiger partial charge in [0.05, 0.1) is 18.5 Å². The van der Waals surface area contributed by atoms with Crippen LogP contribution in [0.4, 0.5) is 11.5 Å². The molecule has 0 radical (unpaired) electrons. The second-order valence-corrected chi connectivity index (χ2v) is 7.49. The molecular formula is C18H24N6O2S. The highest BCUT2D eigenvalue weighted by Crippen LogP contribution is 2.20. The molecular weight excluding hydrogens is 364 g/mol. The Balaban J connectivity index is 0.000000253. The Labute approximate surface area is 161 Å². The van der Waals surface area contributed by atoms with Crippen molar-refractivity contribution in [3.8, 4) is 0 Å². The van der Waals surface area contributed by atoms with Crippen LogP contribution in [0.15, 0.2) is 29.9 Å². The monoisotopic (exact) mass is 388 g/mol. The fourth-order valence-corrected chi connectivity index (χ4v) is 3.58. The molecule has 0 unspecified atom stereocenters. The molecule has 0 aliphatic heterocycles. The third-order valence-electron chi connectivity index (χ3n) is 4.35. The topological polar surface area (TPSA) is 132 Å². The van der Waals surface area contributed by atoms with Crippen LogP contribution in [-0.2, 0) is 6.61 Å². The van der Waals surface area contributed by atoms with E-state index in [1.165, 1.54) is 54.2 Å². The lowest BCUT2D eigenvalue weighted by atomic mass is 9.97. The zero-order valence-corrected chi connectivity index (χ0v) is 15.8. The molecule has 144 valence electrons. The number of hydrogen-bond acceptors (Lipinski definition) is 7. The van der Waals surface area contributed by atoms with Crippen molar-refractivity contribution in [3.63, 3.8) is 0 Å². The Bertz CT molecular complexity index is 900. The number of thiophene rings is 1. The van der Waals surface area contributed by atoms with E-state index >= 15 is 0 Å². The second kappa shape index (κ2) is 8.94. The normalized spacial score (nSPS) is 14.6. The molecule has 6 N–H and O–H groups in total. The first-order valence-electron chi connectivity index (χ1n) is 8.92. The third-order valence-corrected chi connectivity index (χ3v) is 5.27. The summed E-state index contributed by atoms with van der Waals surface area (Å²) in [5.41, 5.74) is 12.6. The van der Waals surface area contributed by atoms with Crippen LogP contribution in [0, 0.1) is 0 Å². The molecule has 0 aromatic carbocycles. The molecule has 1 fully saturated rings. The summed E-state index contributed by atoms with van der Waals surface area (Å²) in [7, 11) is 0. The summed E-state index contributed by atoms with van der Waals surface area (Å²) in [4.78, 5) is 17.1. The smallest absolute Gasteiger partial charge is 0.261 e. The molecule has 0 spiro atoms. The predicted octanol–water partition coefficient (Wildman–Crippen LogP) is 2.40. The molecule has 1 aliphatic carbocycles. The molecule has 8 nitrogen and oxygen atoms in total. The molecule has 0 saturated heterocycles. The number of rotatable bonds is 3. The van der Waals surface area contributed by atoms with Gasteiger partial charge < -0.3 is 21.9 Å². The van der Waals surface area contributed by atoms with Crippen LogP contribution in [0.25, 0.3) is 5.65 Å². The van der Waals surface area contributed by atoms with Gasteiger partial charge in [0.15, 0.2) is 5.65 Å². The summed E-state index contributed by atoms with van der Waals surface area (Å²) in [6.45, 7) is -0.0463. The Morgan fingerprint density at radius 3 is 2.78 bits per heavy atom. The predicted molar refractivity (Wildman–Crippen MR) is 107 cm³/mol. The SMILES string of the molecule is NC1CCCCC1.Nc1ccn2ncc(C(=O)Nc3csc(CO)c3)c2n1. The van der Waals surface area contributed by atoms with E-state index in [-0.39, 0.29) is 12.5 Å². The van der Waals surface area contributed by atoms with Gasteiger partial charge >= 0.3 is 0 Å². The number of nitrogen functional groups attached to an aromatic ring is 1. The number of aromatic nitrogens is 3. The van der Waals surface area contributed by atoms with E-state index in [1.54, 1.807) is 23.7 Å². The van der Waals surface area contributed by atoms with Crippen molar-refractivity contribution in [1.82, 2.24) is 14.6 Å². The Morgan fingerprint density at radius 1 is 1.37 bits per heavy atom. The Kier molecular flexibility index (Phi) is 6.38. The van der Waals surface area contributed by atoms with Crippen molar-refractivity contribution in [2.45, 2.75) is 44.8 Å². The van der Waals surface area contributed by atoms with Crippen molar-refractivity contribution >= 4 is 34.4 Å². The molecule has 0 bridgehead atoms. The molecule has 1 aliphatic rings. The second-order valence-electron chi connectivity index (χ2n) is 6.49. The maximum absolute atomic E-state index is 12.2. The van der Waals surface area contributed by atoms with Crippen molar-refractivity contribution in [3.05, 3.63) is 40.3 Å². The lowest BCUT2D eigenvalue weighted by Gasteiger charge is -2.15. The van der Waals surface area contributed by atoms with Gasteiger partial charge in [-0.15, -0.1) is 11.3 Å². The third kappa shape index (κ3) is 5.03. The lowest BCUT2D eigenvalue weighted by Crippen LogP contribution is -2.22. The van der Waals surface area contributed by atoms with Gasteiger partial charge in [0, 0.05) is 22.5 Å². The molecule has 3 aromatic rings. The van der Waals surface area contributed by atoms with Gasteiger partial charge in [-0.3, -0.25) is 4.79 Å². The highest BCUT2D eigenvalue weighted by molar-refractivity contribution is 7.10. The largest absolute Gasteiger partial charge is 0.391 e. The number of aliphatic hydroxyl groups excluding tert-OH is 1. The molecule has 0 atom stereocenters. The molecule has 1 saturated carbocycles. The molecule has 4 rings (SSSR count). The van der Waals surface area contributed by atoms with Gasteiger partial charge in [-0.25, -0.2) is 9.50 Å². The average molecular weight is 388 g/mol. The minimum atomic E-state index is -0.319. The quantitative estimate of drug-likeness (QED) is 0.545. The zero-order valence-electron chi connectivity index (χ0n) is 15.0.